The second-order valence-electron chi connectivity index (χ2n) is 4.51. The summed E-state index contributed by atoms with van der Waals surface area (Å²) in [6.45, 7) is 0.597. The number of nitrogens with zero attached hydrogens (tertiary/aromatic N) is 3. The maximum absolute atomic E-state index is 10.8. The molecule has 0 bridgehead atoms. The molecule has 3 rings (SSSR count). The van der Waals surface area contributed by atoms with Crippen LogP contribution >= 0.6 is 0 Å². The molecule has 0 aliphatic heterocycles. The number of carboxylic acids is 1. The Morgan fingerprint density at radius 2 is 1.95 bits per heavy atom. The third-order valence-corrected chi connectivity index (χ3v) is 3.02. The minimum atomic E-state index is -0.913. The van der Waals surface area contributed by atoms with E-state index in [1.54, 1.807) is 29.3 Å². The van der Waals surface area contributed by atoms with Crippen molar-refractivity contribution in [3.8, 4) is 5.69 Å². The SMILES string of the molecule is O=C(O)c1ccn(Cc2cnn(-c3ccccc3)c2)c1. The van der Waals surface area contributed by atoms with Crippen LogP contribution in [0.4, 0.5) is 0 Å². The minimum Gasteiger partial charge on any atom is -0.478 e. The molecule has 0 atom stereocenters. The Morgan fingerprint density at radius 1 is 1.15 bits per heavy atom. The molecule has 0 fully saturated rings. The number of hydrogen-bond acceptors (Lipinski definition) is 2. The molecule has 0 saturated heterocycles. The summed E-state index contributed by atoms with van der Waals surface area (Å²) < 4.78 is 3.63. The van der Waals surface area contributed by atoms with E-state index < -0.39 is 5.97 Å². The van der Waals surface area contributed by atoms with Crippen molar-refractivity contribution in [1.29, 1.82) is 0 Å². The largest absolute Gasteiger partial charge is 0.478 e. The molecular formula is C15H13N3O2. The molecule has 100 valence electrons. The van der Waals surface area contributed by atoms with Crippen molar-refractivity contribution >= 4 is 5.97 Å². The predicted molar refractivity (Wildman–Crippen MR) is 74.1 cm³/mol. The van der Waals surface area contributed by atoms with Crippen molar-refractivity contribution in [2.24, 2.45) is 0 Å². The lowest BCUT2D eigenvalue weighted by Gasteiger charge is -2.00. The van der Waals surface area contributed by atoms with Crippen LogP contribution in [-0.2, 0) is 6.54 Å². The normalized spacial score (nSPS) is 10.6. The fraction of sp³-hybridized carbons (Fsp3) is 0.0667. The summed E-state index contributed by atoms with van der Waals surface area (Å²) in [6, 6.07) is 11.4. The average molecular weight is 267 g/mol. The molecule has 0 radical (unpaired) electrons. The number of para-hydroxylation sites is 1. The first-order valence-electron chi connectivity index (χ1n) is 6.20. The van der Waals surface area contributed by atoms with E-state index >= 15 is 0 Å². The summed E-state index contributed by atoms with van der Waals surface area (Å²) in [5.74, 6) is -0.913. The van der Waals surface area contributed by atoms with Gasteiger partial charge in [0, 0.05) is 24.2 Å². The first-order valence-corrected chi connectivity index (χ1v) is 6.20. The number of carbonyl (C=O) groups is 1. The van der Waals surface area contributed by atoms with Crippen LogP contribution in [0.3, 0.4) is 0 Å². The standard InChI is InChI=1S/C15H13N3O2/c19-15(20)13-6-7-17(11-13)9-12-8-16-18(10-12)14-4-2-1-3-5-14/h1-8,10-11H,9H2,(H,19,20). The summed E-state index contributed by atoms with van der Waals surface area (Å²) in [7, 11) is 0. The highest BCUT2D eigenvalue weighted by Gasteiger charge is 2.06. The maximum Gasteiger partial charge on any atom is 0.337 e. The molecular weight excluding hydrogens is 254 g/mol. The Labute approximate surface area is 115 Å². The molecule has 20 heavy (non-hydrogen) atoms. The molecule has 0 aliphatic carbocycles. The molecule has 5 heteroatoms. The third kappa shape index (κ3) is 2.47. The average Bonchev–Trinajstić information content (AvgIpc) is 3.10. The highest BCUT2D eigenvalue weighted by atomic mass is 16.4. The molecule has 0 spiro atoms. The Morgan fingerprint density at radius 3 is 2.65 bits per heavy atom. The van der Waals surface area contributed by atoms with E-state index in [1.807, 2.05) is 41.1 Å². The van der Waals surface area contributed by atoms with Crippen LogP contribution in [0.1, 0.15) is 15.9 Å². The number of hydrogen-bond donors (Lipinski definition) is 1. The molecule has 3 aromatic rings. The summed E-state index contributed by atoms with van der Waals surface area (Å²) in [5.41, 5.74) is 2.30. The fourth-order valence-corrected chi connectivity index (χ4v) is 2.04. The predicted octanol–water partition coefficient (Wildman–Crippen LogP) is 2.42. The second kappa shape index (κ2) is 5.05. The van der Waals surface area contributed by atoms with Gasteiger partial charge in [0.15, 0.2) is 0 Å². The van der Waals surface area contributed by atoms with E-state index in [2.05, 4.69) is 5.10 Å². The van der Waals surface area contributed by atoms with Gasteiger partial charge in [-0.25, -0.2) is 9.48 Å². The molecule has 0 amide bonds. The van der Waals surface area contributed by atoms with Gasteiger partial charge in [-0.1, -0.05) is 18.2 Å². The van der Waals surface area contributed by atoms with E-state index in [9.17, 15) is 4.79 Å². The Bertz CT molecular complexity index is 728. The van der Waals surface area contributed by atoms with Crippen LogP contribution in [0.15, 0.2) is 61.2 Å². The molecule has 1 aromatic carbocycles. The Hall–Kier alpha value is -2.82. The molecule has 0 unspecified atom stereocenters. The van der Waals surface area contributed by atoms with Gasteiger partial charge in [-0.05, 0) is 18.2 Å². The topological polar surface area (TPSA) is 60.0 Å². The smallest absolute Gasteiger partial charge is 0.337 e. The molecule has 0 saturated carbocycles. The monoisotopic (exact) mass is 267 g/mol. The Balaban J connectivity index is 1.78. The highest BCUT2D eigenvalue weighted by molar-refractivity contribution is 5.87. The van der Waals surface area contributed by atoms with Crippen molar-refractivity contribution in [3.05, 3.63) is 72.3 Å². The highest BCUT2D eigenvalue weighted by Crippen LogP contribution is 2.10. The van der Waals surface area contributed by atoms with Gasteiger partial charge in [0.2, 0.25) is 0 Å². The van der Waals surface area contributed by atoms with Gasteiger partial charge in [-0.3, -0.25) is 0 Å². The van der Waals surface area contributed by atoms with Gasteiger partial charge < -0.3 is 9.67 Å². The first kappa shape index (κ1) is 12.2. The summed E-state index contributed by atoms with van der Waals surface area (Å²) in [5, 5.41) is 13.2. The van der Waals surface area contributed by atoms with Crippen LogP contribution in [0.2, 0.25) is 0 Å². The summed E-state index contributed by atoms with van der Waals surface area (Å²) in [6.07, 6.45) is 7.09. The van der Waals surface area contributed by atoms with Crippen molar-refractivity contribution in [2.75, 3.05) is 0 Å². The molecule has 1 N–H and O–H groups in total. The molecule has 2 heterocycles. The minimum absolute atomic E-state index is 0.292. The molecule has 2 aromatic heterocycles. The lowest BCUT2D eigenvalue weighted by molar-refractivity contribution is 0.0697. The zero-order valence-electron chi connectivity index (χ0n) is 10.7. The van der Waals surface area contributed by atoms with E-state index in [0.717, 1.165) is 11.3 Å². The lowest BCUT2D eigenvalue weighted by Crippen LogP contribution is -1.97. The zero-order chi connectivity index (χ0) is 13.9. The van der Waals surface area contributed by atoms with Crippen molar-refractivity contribution < 1.29 is 9.90 Å². The van der Waals surface area contributed by atoms with Crippen LogP contribution in [0, 0.1) is 0 Å². The van der Waals surface area contributed by atoms with Crippen molar-refractivity contribution in [3.63, 3.8) is 0 Å². The van der Waals surface area contributed by atoms with E-state index in [4.69, 9.17) is 5.11 Å². The van der Waals surface area contributed by atoms with E-state index in [-0.39, 0.29) is 0 Å². The van der Waals surface area contributed by atoms with Gasteiger partial charge in [0.1, 0.15) is 0 Å². The Kier molecular flexibility index (Phi) is 3.09. The first-order chi connectivity index (χ1) is 9.72. The quantitative estimate of drug-likeness (QED) is 0.789. The van der Waals surface area contributed by atoms with Crippen LogP contribution < -0.4 is 0 Å². The number of aromatic nitrogens is 3. The lowest BCUT2D eigenvalue weighted by atomic mass is 10.3. The fourth-order valence-electron chi connectivity index (χ4n) is 2.04. The summed E-state index contributed by atoms with van der Waals surface area (Å²) in [4.78, 5) is 10.8. The summed E-state index contributed by atoms with van der Waals surface area (Å²) >= 11 is 0. The number of aromatic carboxylic acids is 1. The zero-order valence-corrected chi connectivity index (χ0v) is 10.7. The molecule has 5 nitrogen and oxygen atoms in total. The number of rotatable bonds is 4. The van der Waals surface area contributed by atoms with Gasteiger partial charge in [0.05, 0.1) is 24.0 Å². The van der Waals surface area contributed by atoms with Gasteiger partial charge in [-0.2, -0.15) is 5.10 Å². The second-order valence-corrected chi connectivity index (χ2v) is 4.51. The maximum atomic E-state index is 10.8. The van der Waals surface area contributed by atoms with E-state index in [0.29, 0.717) is 12.1 Å². The van der Waals surface area contributed by atoms with Gasteiger partial charge >= 0.3 is 5.97 Å². The van der Waals surface area contributed by atoms with Crippen molar-refractivity contribution in [2.45, 2.75) is 6.54 Å². The molecule has 0 aliphatic rings. The van der Waals surface area contributed by atoms with Gasteiger partial charge in [0.25, 0.3) is 0 Å². The van der Waals surface area contributed by atoms with Gasteiger partial charge in [-0.15, -0.1) is 0 Å². The van der Waals surface area contributed by atoms with E-state index in [1.165, 1.54) is 0 Å². The van der Waals surface area contributed by atoms with Crippen LogP contribution in [0.5, 0.6) is 0 Å². The van der Waals surface area contributed by atoms with Crippen LogP contribution in [-0.4, -0.2) is 25.4 Å². The number of carboxylic acid groups (broad SMARTS) is 1. The van der Waals surface area contributed by atoms with Crippen LogP contribution in [0.25, 0.3) is 5.69 Å². The van der Waals surface area contributed by atoms with Crippen molar-refractivity contribution in [1.82, 2.24) is 14.3 Å². The third-order valence-electron chi connectivity index (χ3n) is 3.02. The number of benzene rings is 1.